The van der Waals surface area contributed by atoms with Crippen LogP contribution in [0.2, 0.25) is 0 Å². The first kappa shape index (κ1) is 9.55. The zero-order valence-corrected chi connectivity index (χ0v) is 9.69. The Balaban J connectivity index is 2.11. The normalized spacial score (nSPS) is 46.2. The lowest BCUT2D eigenvalue weighted by molar-refractivity contribution is 0.192. The van der Waals surface area contributed by atoms with Crippen molar-refractivity contribution < 1.29 is 0 Å². The van der Waals surface area contributed by atoms with Gasteiger partial charge in [0.25, 0.3) is 0 Å². The van der Waals surface area contributed by atoms with Gasteiger partial charge in [-0.15, -0.1) is 0 Å². The average Bonchev–Trinajstić information content (AvgIpc) is 2.74. The first-order chi connectivity index (χ1) is 6.07. The van der Waals surface area contributed by atoms with Gasteiger partial charge < -0.3 is 0 Å². The maximum Gasteiger partial charge on any atom is -0.0215 e. The van der Waals surface area contributed by atoms with Crippen molar-refractivity contribution in [3.8, 4) is 0 Å². The van der Waals surface area contributed by atoms with Crippen LogP contribution in [0.15, 0.2) is 0 Å². The molecule has 76 valence electrons. The van der Waals surface area contributed by atoms with Gasteiger partial charge in [-0.3, -0.25) is 0 Å². The lowest BCUT2D eigenvalue weighted by atomic mass is 9.74. The SMILES string of the molecule is CCCC1CC(C)(C)C2(CC)CC12. The minimum absolute atomic E-state index is 0.645. The zero-order chi connectivity index (χ0) is 9.69. The van der Waals surface area contributed by atoms with E-state index in [1.165, 1.54) is 25.7 Å². The van der Waals surface area contributed by atoms with E-state index in [2.05, 4.69) is 27.7 Å². The van der Waals surface area contributed by atoms with Gasteiger partial charge in [-0.25, -0.2) is 0 Å². The van der Waals surface area contributed by atoms with Crippen molar-refractivity contribution in [3.05, 3.63) is 0 Å². The molecular weight excluding hydrogens is 156 g/mol. The molecule has 13 heavy (non-hydrogen) atoms. The van der Waals surface area contributed by atoms with Crippen molar-refractivity contribution in [1.29, 1.82) is 0 Å². The Morgan fingerprint density at radius 2 is 1.85 bits per heavy atom. The molecule has 0 heterocycles. The molecular formula is C13H24. The Kier molecular flexibility index (Phi) is 2.02. The third-order valence-corrected chi connectivity index (χ3v) is 5.11. The predicted molar refractivity (Wildman–Crippen MR) is 57.6 cm³/mol. The van der Waals surface area contributed by atoms with Gasteiger partial charge >= 0.3 is 0 Å². The summed E-state index contributed by atoms with van der Waals surface area (Å²) in [5.41, 5.74) is 1.42. The van der Waals surface area contributed by atoms with Crippen molar-refractivity contribution in [2.45, 2.75) is 59.8 Å². The Morgan fingerprint density at radius 3 is 2.23 bits per heavy atom. The number of hydrogen-bond donors (Lipinski definition) is 0. The van der Waals surface area contributed by atoms with Gasteiger partial charge in [0.05, 0.1) is 0 Å². The molecule has 0 N–H and O–H groups in total. The first-order valence-electron chi connectivity index (χ1n) is 6.07. The van der Waals surface area contributed by atoms with E-state index in [9.17, 15) is 0 Å². The summed E-state index contributed by atoms with van der Waals surface area (Å²) in [6.07, 6.45) is 7.33. The fourth-order valence-electron chi connectivity index (χ4n) is 4.29. The van der Waals surface area contributed by atoms with Gasteiger partial charge in [0.2, 0.25) is 0 Å². The summed E-state index contributed by atoms with van der Waals surface area (Å²) in [7, 11) is 0. The summed E-state index contributed by atoms with van der Waals surface area (Å²) in [5, 5.41) is 0. The van der Waals surface area contributed by atoms with Crippen LogP contribution >= 0.6 is 0 Å². The van der Waals surface area contributed by atoms with E-state index in [1.54, 1.807) is 6.42 Å². The molecule has 0 bridgehead atoms. The van der Waals surface area contributed by atoms with Crippen LogP contribution in [0.25, 0.3) is 0 Å². The van der Waals surface area contributed by atoms with Gasteiger partial charge in [-0.2, -0.15) is 0 Å². The molecule has 3 atom stereocenters. The minimum Gasteiger partial charge on any atom is -0.0654 e. The molecule has 3 unspecified atom stereocenters. The number of rotatable bonds is 3. The second-order valence-corrected chi connectivity index (χ2v) is 5.96. The van der Waals surface area contributed by atoms with Crippen LogP contribution < -0.4 is 0 Å². The van der Waals surface area contributed by atoms with Crippen molar-refractivity contribution in [3.63, 3.8) is 0 Å². The van der Waals surface area contributed by atoms with Crippen molar-refractivity contribution in [1.82, 2.24) is 0 Å². The average molecular weight is 180 g/mol. The Labute approximate surface area is 83.1 Å². The summed E-state index contributed by atoms with van der Waals surface area (Å²) < 4.78 is 0. The van der Waals surface area contributed by atoms with Crippen LogP contribution in [0.1, 0.15) is 59.8 Å². The fraction of sp³-hybridized carbons (Fsp3) is 1.00. The highest BCUT2D eigenvalue weighted by atomic mass is 14.7. The van der Waals surface area contributed by atoms with Crippen molar-refractivity contribution >= 4 is 0 Å². The minimum atomic E-state index is 0.645. The van der Waals surface area contributed by atoms with E-state index in [-0.39, 0.29) is 0 Å². The molecule has 0 spiro atoms. The quantitative estimate of drug-likeness (QED) is 0.609. The number of hydrogen-bond acceptors (Lipinski definition) is 0. The van der Waals surface area contributed by atoms with Crippen LogP contribution in [0.5, 0.6) is 0 Å². The van der Waals surface area contributed by atoms with Crippen LogP contribution in [0.3, 0.4) is 0 Å². The van der Waals surface area contributed by atoms with Gasteiger partial charge in [0, 0.05) is 0 Å². The van der Waals surface area contributed by atoms with Gasteiger partial charge in [-0.05, 0) is 41.9 Å². The van der Waals surface area contributed by atoms with E-state index in [0.717, 1.165) is 17.3 Å². The molecule has 0 saturated heterocycles. The topological polar surface area (TPSA) is 0 Å². The van der Waals surface area contributed by atoms with E-state index in [4.69, 9.17) is 0 Å². The van der Waals surface area contributed by atoms with Gasteiger partial charge in [0.1, 0.15) is 0 Å². The molecule has 0 nitrogen and oxygen atoms in total. The molecule has 0 radical (unpaired) electrons. The molecule has 0 aliphatic heterocycles. The van der Waals surface area contributed by atoms with Crippen LogP contribution in [0, 0.1) is 22.7 Å². The molecule has 2 rings (SSSR count). The highest BCUT2D eigenvalue weighted by Gasteiger charge is 2.68. The fourth-order valence-corrected chi connectivity index (χ4v) is 4.29. The standard InChI is InChI=1S/C13H24/c1-5-7-10-8-12(3,4)13(6-2)9-11(10)13/h10-11H,5-9H2,1-4H3. The molecule has 2 saturated carbocycles. The summed E-state index contributed by atoms with van der Waals surface area (Å²) in [5.74, 6) is 2.17. The highest BCUT2D eigenvalue weighted by Crippen LogP contribution is 2.76. The van der Waals surface area contributed by atoms with Crippen molar-refractivity contribution in [2.24, 2.45) is 22.7 Å². The van der Waals surface area contributed by atoms with E-state index < -0.39 is 0 Å². The second kappa shape index (κ2) is 2.74. The van der Waals surface area contributed by atoms with E-state index >= 15 is 0 Å². The molecule has 0 aromatic rings. The van der Waals surface area contributed by atoms with E-state index in [0.29, 0.717) is 5.41 Å². The largest absolute Gasteiger partial charge is 0.0654 e. The third-order valence-electron chi connectivity index (χ3n) is 5.11. The highest BCUT2D eigenvalue weighted by molar-refractivity contribution is 5.17. The first-order valence-corrected chi connectivity index (χ1v) is 6.07. The van der Waals surface area contributed by atoms with Gasteiger partial charge in [0.15, 0.2) is 0 Å². The monoisotopic (exact) mass is 180 g/mol. The van der Waals surface area contributed by atoms with Gasteiger partial charge in [-0.1, -0.05) is 40.5 Å². The second-order valence-electron chi connectivity index (χ2n) is 5.96. The molecule has 0 amide bonds. The predicted octanol–water partition coefficient (Wildman–Crippen LogP) is 4.25. The molecule has 2 fully saturated rings. The lowest BCUT2D eigenvalue weighted by Crippen LogP contribution is -2.21. The van der Waals surface area contributed by atoms with Crippen LogP contribution in [0.4, 0.5) is 0 Å². The smallest absolute Gasteiger partial charge is 0.0215 e. The molecule has 0 aromatic carbocycles. The Hall–Kier alpha value is 0. The molecule has 2 aliphatic rings. The van der Waals surface area contributed by atoms with Crippen LogP contribution in [-0.4, -0.2) is 0 Å². The molecule has 2 aliphatic carbocycles. The maximum atomic E-state index is 2.51. The van der Waals surface area contributed by atoms with Crippen LogP contribution in [-0.2, 0) is 0 Å². The zero-order valence-electron chi connectivity index (χ0n) is 9.69. The molecule has 0 heteroatoms. The van der Waals surface area contributed by atoms with Crippen molar-refractivity contribution in [2.75, 3.05) is 0 Å². The summed E-state index contributed by atoms with van der Waals surface area (Å²) in [6.45, 7) is 9.75. The summed E-state index contributed by atoms with van der Waals surface area (Å²) >= 11 is 0. The Bertz CT molecular complexity index is 204. The third kappa shape index (κ3) is 1.10. The number of fused-ring (bicyclic) bond motifs is 1. The maximum absolute atomic E-state index is 2.51. The summed E-state index contributed by atoms with van der Waals surface area (Å²) in [6, 6.07) is 0. The summed E-state index contributed by atoms with van der Waals surface area (Å²) in [4.78, 5) is 0. The lowest BCUT2D eigenvalue weighted by Gasteiger charge is -2.30. The molecule has 0 aromatic heterocycles. The Morgan fingerprint density at radius 1 is 1.15 bits per heavy atom. The van der Waals surface area contributed by atoms with E-state index in [1.807, 2.05) is 0 Å².